The molecule has 0 aromatic carbocycles. The molecule has 0 aromatic heterocycles. The first-order valence-electron chi connectivity index (χ1n) is 10.9. The number of nitrogens with one attached hydrogen (secondary N) is 1. The molecule has 3 aliphatic heterocycles. The smallest absolute Gasteiger partial charge is 0.410 e. The van der Waals surface area contributed by atoms with E-state index in [1.165, 1.54) is 0 Å². The molecule has 0 aromatic rings. The average molecular weight is 426 g/mol. The maximum absolute atomic E-state index is 12.9. The van der Waals surface area contributed by atoms with Gasteiger partial charge in [-0.1, -0.05) is 0 Å². The van der Waals surface area contributed by atoms with E-state index in [0.717, 1.165) is 38.5 Å². The third-order valence-corrected chi connectivity index (χ3v) is 6.10. The van der Waals surface area contributed by atoms with Crippen LogP contribution in [0.3, 0.4) is 0 Å². The Labute approximate surface area is 178 Å². The minimum atomic E-state index is -0.603. The third-order valence-electron chi connectivity index (χ3n) is 6.10. The van der Waals surface area contributed by atoms with Gasteiger partial charge in [-0.2, -0.15) is 0 Å². The van der Waals surface area contributed by atoms with Crippen LogP contribution in [0.2, 0.25) is 0 Å². The van der Waals surface area contributed by atoms with Gasteiger partial charge in [0.2, 0.25) is 0 Å². The molecular formula is C21H35N3O6. The van der Waals surface area contributed by atoms with Gasteiger partial charge in [-0.15, -0.1) is 0 Å². The van der Waals surface area contributed by atoms with Crippen LogP contribution in [0.25, 0.3) is 0 Å². The number of hydrogen-bond acceptors (Lipinski definition) is 6. The summed E-state index contributed by atoms with van der Waals surface area (Å²) in [7, 11) is 1.72. The molecule has 0 unspecified atom stereocenters. The molecule has 0 spiro atoms. The number of fused-ring (bicyclic) bond motifs is 7. The number of alkyl carbamates (subject to hydrolysis) is 1. The van der Waals surface area contributed by atoms with Gasteiger partial charge >= 0.3 is 12.2 Å². The Hall–Kier alpha value is -2.03. The molecule has 9 nitrogen and oxygen atoms in total. The van der Waals surface area contributed by atoms with Crippen LogP contribution >= 0.6 is 0 Å². The lowest BCUT2D eigenvalue weighted by molar-refractivity contribution is -0.141. The molecule has 2 bridgehead atoms. The molecule has 30 heavy (non-hydrogen) atoms. The standard InChI is InChI=1S/C21H35N3O6/c1-21(2,3)30-19(26)22-16-6-5-11-24-17(16)12-28-15-9-7-14(8-10-15)23(4)20(27)29-13-18(24)25/h14-17H,5-13H2,1-4H3,(H,22,26)/t14?,15?,16-,17-/m0/s1. The highest BCUT2D eigenvalue weighted by molar-refractivity contribution is 5.81. The molecule has 4 aliphatic rings. The number of nitrogens with zero attached hydrogens (tertiary/aromatic N) is 2. The lowest BCUT2D eigenvalue weighted by Gasteiger charge is -2.42. The molecule has 1 N–H and O–H groups in total. The van der Waals surface area contributed by atoms with Crippen molar-refractivity contribution in [2.45, 2.75) is 89.1 Å². The molecular weight excluding hydrogens is 390 g/mol. The van der Waals surface area contributed by atoms with E-state index in [9.17, 15) is 14.4 Å². The highest BCUT2D eigenvalue weighted by Gasteiger charge is 2.38. The zero-order chi connectivity index (χ0) is 21.9. The second-order valence-electron chi connectivity index (χ2n) is 9.48. The van der Waals surface area contributed by atoms with Crippen LogP contribution in [0.15, 0.2) is 0 Å². The number of carbonyl (C=O) groups excluding carboxylic acids is 3. The van der Waals surface area contributed by atoms with Gasteiger partial charge in [-0.05, 0) is 59.3 Å². The first-order valence-corrected chi connectivity index (χ1v) is 10.9. The topological polar surface area (TPSA) is 97.4 Å². The van der Waals surface area contributed by atoms with E-state index in [0.29, 0.717) is 13.2 Å². The van der Waals surface area contributed by atoms with Gasteiger partial charge in [0.25, 0.3) is 5.91 Å². The Morgan fingerprint density at radius 1 is 1.13 bits per heavy atom. The van der Waals surface area contributed by atoms with Crippen molar-refractivity contribution in [3.8, 4) is 0 Å². The Bertz CT molecular complexity index is 641. The highest BCUT2D eigenvalue weighted by Crippen LogP contribution is 2.27. The van der Waals surface area contributed by atoms with Crippen LogP contribution in [-0.4, -0.2) is 84.5 Å². The quantitative estimate of drug-likeness (QED) is 0.692. The third kappa shape index (κ3) is 5.77. The van der Waals surface area contributed by atoms with Gasteiger partial charge < -0.3 is 29.3 Å². The number of rotatable bonds is 1. The molecule has 1 saturated carbocycles. The van der Waals surface area contributed by atoms with Crippen molar-refractivity contribution in [1.82, 2.24) is 15.1 Å². The molecule has 0 radical (unpaired) electrons. The fourth-order valence-electron chi connectivity index (χ4n) is 4.49. The monoisotopic (exact) mass is 425 g/mol. The summed E-state index contributed by atoms with van der Waals surface area (Å²) >= 11 is 0. The van der Waals surface area contributed by atoms with E-state index < -0.39 is 17.8 Å². The van der Waals surface area contributed by atoms with Gasteiger partial charge in [0, 0.05) is 19.6 Å². The van der Waals surface area contributed by atoms with Gasteiger partial charge in [0.15, 0.2) is 6.61 Å². The van der Waals surface area contributed by atoms with Crippen LogP contribution < -0.4 is 5.32 Å². The zero-order valence-corrected chi connectivity index (χ0v) is 18.5. The normalized spacial score (nSPS) is 31.1. The summed E-state index contributed by atoms with van der Waals surface area (Å²) in [6.45, 7) is 6.01. The van der Waals surface area contributed by atoms with E-state index in [2.05, 4.69) is 5.32 Å². The van der Waals surface area contributed by atoms with Crippen molar-refractivity contribution in [3.05, 3.63) is 0 Å². The van der Waals surface area contributed by atoms with Crippen molar-refractivity contribution >= 4 is 18.1 Å². The summed E-state index contributed by atoms with van der Waals surface area (Å²) in [4.78, 5) is 40.9. The van der Waals surface area contributed by atoms with Gasteiger partial charge in [0.05, 0.1) is 24.8 Å². The van der Waals surface area contributed by atoms with Crippen LogP contribution in [0, 0.1) is 0 Å². The van der Waals surface area contributed by atoms with Crippen molar-refractivity contribution in [3.63, 3.8) is 0 Å². The second-order valence-corrected chi connectivity index (χ2v) is 9.48. The number of piperidine rings is 1. The first-order chi connectivity index (χ1) is 14.1. The van der Waals surface area contributed by atoms with Crippen LogP contribution in [0.5, 0.6) is 0 Å². The molecule has 170 valence electrons. The fraction of sp³-hybridized carbons (Fsp3) is 0.857. The summed E-state index contributed by atoms with van der Waals surface area (Å²) in [5.74, 6) is -0.271. The van der Waals surface area contributed by atoms with Crippen molar-refractivity contribution in [2.75, 3.05) is 26.8 Å². The summed E-state index contributed by atoms with van der Waals surface area (Å²) in [6, 6.07) is -0.497. The second kappa shape index (κ2) is 9.41. The molecule has 3 heterocycles. The minimum Gasteiger partial charge on any atom is -0.444 e. The van der Waals surface area contributed by atoms with Crippen molar-refractivity contribution < 1.29 is 28.6 Å². The maximum Gasteiger partial charge on any atom is 0.410 e. The molecule has 3 amide bonds. The Morgan fingerprint density at radius 3 is 2.50 bits per heavy atom. The lowest BCUT2D eigenvalue weighted by atomic mass is 9.92. The van der Waals surface area contributed by atoms with Crippen molar-refractivity contribution in [1.29, 1.82) is 0 Å². The summed E-state index contributed by atoms with van der Waals surface area (Å²) in [5.41, 5.74) is -0.603. The molecule has 9 heteroatoms. The lowest BCUT2D eigenvalue weighted by Crippen LogP contribution is -2.60. The van der Waals surface area contributed by atoms with E-state index in [1.807, 2.05) is 20.8 Å². The molecule has 3 saturated heterocycles. The average Bonchev–Trinajstić information content (AvgIpc) is 2.69. The molecule has 4 fully saturated rings. The van der Waals surface area contributed by atoms with E-state index in [-0.39, 0.29) is 36.7 Å². The predicted octanol–water partition coefficient (Wildman–Crippen LogP) is 2.28. The number of ether oxygens (including phenoxy) is 3. The van der Waals surface area contributed by atoms with E-state index >= 15 is 0 Å². The Kier molecular flexibility index (Phi) is 7.10. The number of hydrogen-bond donors (Lipinski definition) is 1. The molecule has 2 atom stereocenters. The van der Waals surface area contributed by atoms with Gasteiger partial charge in [-0.25, -0.2) is 9.59 Å². The largest absolute Gasteiger partial charge is 0.444 e. The predicted molar refractivity (Wildman–Crippen MR) is 109 cm³/mol. The van der Waals surface area contributed by atoms with Crippen LogP contribution in [-0.2, 0) is 19.0 Å². The SMILES string of the molecule is CN1C(=O)OCC(=O)N2CCC[C@H](NC(=O)OC(C)(C)C)[C@@H]2COC2CCC1CC2. The van der Waals surface area contributed by atoms with Crippen LogP contribution in [0.4, 0.5) is 9.59 Å². The molecule has 4 rings (SSSR count). The summed E-state index contributed by atoms with van der Waals surface area (Å²) in [5, 5.41) is 2.93. The summed E-state index contributed by atoms with van der Waals surface area (Å²) in [6.07, 6.45) is 3.99. The van der Waals surface area contributed by atoms with E-state index in [1.54, 1.807) is 16.8 Å². The minimum absolute atomic E-state index is 0.0903. The van der Waals surface area contributed by atoms with Crippen molar-refractivity contribution in [2.24, 2.45) is 0 Å². The Morgan fingerprint density at radius 2 is 1.83 bits per heavy atom. The van der Waals surface area contributed by atoms with Gasteiger partial charge in [0.1, 0.15) is 5.60 Å². The Balaban J connectivity index is 1.75. The number of amides is 3. The fourth-order valence-corrected chi connectivity index (χ4v) is 4.49. The molecule has 1 aliphatic carbocycles. The maximum atomic E-state index is 12.9. The van der Waals surface area contributed by atoms with Crippen LogP contribution in [0.1, 0.15) is 59.3 Å². The number of carbonyl (C=O) groups is 3. The first kappa shape index (κ1) is 22.7. The summed E-state index contributed by atoms with van der Waals surface area (Å²) < 4.78 is 16.9. The highest BCUT2D eigenvalue weighted by atomic mass is 16.6. The van der Waals surface area contributed by atoms with E-state index in [4.69, 9.17) is 14.2 Å². The van der Waals surface area contributed by atoms with Gasteiger partial charge in [-0.3, -0.25) is 4.79 Å². The zero-order valence-electron chi connectivity index (χ0n) is 18.5.